The van der Waals surface area contributed by atoms with Crippen LogP contribution in [0.1, 0.15) is 39.0 Å². The molecule has 19 heavy (non-hydrogen) atoms. The summed E-state index contributed by atoms with van der Waals surface area (Å²) in [7, 11) is 0. The molecule has 0 saturated carbocycles. The predicted octanol–water partition coefficient (Wildman–Crippen LogP) is 4.75. The minimum atomic E-state index is 0.316. The number of nitrogens with zero attached hydrogens (tertiary/aromatic N) is 2. The lowest BCUT2D eigenvalue weighted by Crippen LogP contribution is -2.23. The van der Waals surface area contributed by atoms with Gasteiger partial charge in [-0.05, 0) is 36.9 Å². The molecular formula is C14H20ClN3S. The van der Waals surface area contributed by atoms with E-state index in [1.807, 2.05) is 0 Å². The molecule has 0 bridgehead atoms. The molecule has 2 atom stereocenters. The van der Waals surface area contributed by atoms with Crippen molar-refractivity contribution in [2.24, 2.45) is 5.92 Å². The molecule has 0 amide bonds. The van der Waals surface area contributed by atoms with Crippen molar-refractivity contribution < 1.29 is 0 Å². The van der Waals surface area contributed by atoms with Crippen LogP contribution in [-0.2, 0) is 6.42 Å². The summed E-state index contributed by atoms with van der Waals surface area (Å²) < 4.78 is 0. The Morgan fingerprint density at radius 1 is 1.32 bits per heavy atom. The summed E-state index contributed by atoms with van der Waals surface area (Å²) in [4.78, 5) is 10.9. The zero-order chi connectivity index (χ0) is 14.0. The van der Waals surface area contributed by atoms with E-state index in [1.165, 1.54) is 4.88 Å². The van der Waals surface area contributed by atoms with Crippen LogP contribution in [0.4, 0.5) is 5.82 Å². The Morgan fingerprint density at radius 2 is 2.05 bits per heavy atom. The number of rotatable bonds is 5. The van der Waals surface area contributed by atoms with Gasteiger partial charge in [0.25, 0.3) is 0 Å². The molecule has 2 rings (SSSR count). The maximum absolute atomic E-state index is 6.02. The molecule has 0 fully saturated rings. The molecule has 0 spiro atoms. The van der Waals surface area contributed by atoms with Crippen molar-refractivity contribution in [1.82, 2.24) is 9.97 Å². The highest BCUT2D eigenvalue weighted by Gasteiger charge is 2.15. The fourth-order valence-corrected chi connectivity index (χ4v) is 3.13. The van der Waals surface area contributed by atoms with Crippen molar-refractivity contribution in [2.75, 3.05) is 5.32 Å². The molecule has 2 aromatic heterocycles. The predicted molar refractivity (Wildman–Crippen MR) is 84.3 cm³/mol. The molecule has 0 aliphatic rings. The van der Waals surface area contributed by atoms with Crippen molar-refractivity contribution in [3.8, 4) is 0 Å². The third-order valence-corrected chi connectivity index (χ3v) is 4.97. The van der Waals surface area contributed by atoms with Crippen molar-refractivity contribution in [1.29, 1.82) is 0 Å². The Hall–Kier alpha value is -0.870. The first-order chi connectivity index (χ1) is 9.05. The number of halogens is 1. The zero-order valence-electron chi connectivity index (χ0n) is 11.8. The summed E-state index contributed by atoms with van der Waals surface area (Å²) in [5.41, 5.74) is 0. The second-order valence-electron chi connectivity index (χ2n) is 4.94. The van der Waals surface area contributed by atoms with Crippen LogP contribution in [0, 0.1) is 5.92 Å². The average Bonchev–Trinajstić information content (AvgIpc) is 2.80. The molecule has 5 heteroatoms. The summed E-state index contributed by atoms with van der Waals surface area (Å²) in [6.07, 6.45) is 2.15. The van der Waals surface area contributed by atoms with E-state index >= 15 is 0 Å². The quantitative estimate of drug-likeness (QED) is 0.809. The minimum Gasteiger partial charge on any atom is -0.367 e. The second kappa shape index (κ2) is 6.06. The van der Waals surface area contributed by atoms with Gasteiger partial charge in [0, 0.05) is 10.9 Å². The Labute approximate surface area is 123 Å². The fourth-order valence-electron chi connectivity index (χ4n) is 1.94. The Morgan fingerprint density at radius 3 is 2.68 bits per heavy atom. The standard InChI is InChI=1S/C14H20ClN3S/c1-5-8(3)9(4)16-12-11-7-10(6-2)19-13(11)18-14(15)17-12/h7-9H,5-6H2,1-4H3,(H,16,17,18). The highest BCUT2D eigenvalue weighted by Crippen LogP contribution is 2.31. The van der Waals surface area contributed by atoms with Gasteiger partial charge < -0.3 is 5.32 Å². The van der Waals surface area contributed by atoms with Crippen LogP contribution in [-0.4, -0.2) is 16.0 Å². The first kappa shape index (κ1) is 14.5. The first-order valence-electron chi connectivity index (χ1n) is 6.77. The van der Waals surface area contributed by atoms with Crippen molar-refractivity contribution in [2.45, 2.75) is 46.6 Å². The van der Waals surface area contributed by atoms with Gasteiger partial charge in [0.05, 0.1) is 5.39 Å². The van der Waals surface area contributed by atoms with Crippen LogP contribution in [0.2, 0.25) is 5.28 Å². The lowest BCUT2D eigenvalue weighted by atomic mass is 10.0. The van der Waals surface area contributed by atoms with Crippen LogP contribution in [0.15, 0.2) is 6.07 Å². The number of anilines is 1. The molecule has 0 aliphatic carbocycles. The van der Waals surface area contributed by atoms with Gasteiger partial charge in [0.15, 0.2) is 0 Å². The van der Waals surface area contributed by atoms with E-state index in [2.05, 4.69) is 49.0 Å². The maximum atomic E-state index is 6.02. The third kappa shape index (κ3) is 3.18. The third-order valence-electron chi connectivity index (χ3n) is 3.63. The lowest BCUT2D eigenvalue weighted by Gasteiger charge is -2.20. The van der Waals surface area contributed by atoms with Crippen molar-refractivity contribution >= 4 is 39.0 Å². The van der Waals surface area contributed by atoms with Crippen LogP contribution in [0.25, 0.3) is 10.2 Å². The largest absolute Gasteiger partial charge is 0.367 e. The highest BCUT2D eigenvalue weighted by molar-refractivity contribution is 7.18. The Kier molecular flexibility index (Phi) is 4.63. The van der Waals surface area contributed by atoms with Gasteiger partial charge >= 0.3 is 0 Å². The van der Waals surface area contributed by atoms with E-state index in [-0.39, 0.29) is 0 Å². The summed E-state index contributed by atoms with van der Waals surface area (Å²) in [5, 5.41) is 4.89. The second-order valence-corrected chi connectivity index (χ2v) is 6.40. The van der Waals surface area contributed by atoms with E-state index in [0.717, 1.165) is 28.9 Å². The van der Waals surface area contributed by atoms with Crippen molar-refractivity contribution in [3.63, 3.8) is 0 Å². The lowest BCUT2D eigenvalue weighted by molar-refractivity contribution is 0.494. The van der Waals surface area contributed by atoms with Crippen LogP contribution < -0.4 is 5.32 Å². The van der Waals surface area contributed by atoms with E-state index in [4.69, 9.17) is 11.6 Å². The molecular weight excluding hydrogens is 278 g/mol. The molecule has 104 valence electrons. The number of aryl methyl sites for hydroxylation is 1. The number of aromatic nitrogens is 2. The molecule has 2 heterocycles. The zero-order valence-corrected chi connectivity index (χ0v) is 13.4. The maximum Gasteiger partial charge on any atom is 0.225 e. The fraction of sp³-hybridized carbons (Fsp3) is 0.571. The van der Waals surface area contributed by atoms with Gasteiger partial charge in [-0.1, -0.05) is 27.2 Å². The number of hydrogen-bond acceptors (Lipinski definition) is 4. The molecule has 0 aliphatic heterocycles. The Balaban J connectivity index is 2.38. The van der Waals surface area contributed by atoms with Gasteiger partial charge in [0.2, 0.25) is 5.28 Å². The normalized spacial score (nSPS) is 14.6. The summed E-state index contributed by atoms with van der Waals surface area (Å²) in [6.45, 7) is 8.77. The monoisotopic (exact) mass is 297 g/mol. The van der Waals surface area contributed by atoms with Gasteiger partial charge in [-0.25, -0.2) is 9.97 Å². The molecule has 2 unspecified atom stereocenters. The smallest absolute Gasteiger partial charge is 0.225 e. The molecule has 0 radical (unpaired) electrons. The molecule has 1 N–H and O–H groups in total. The van der Waals surface area contributed by atoms with Crippen LogP contribution in [0.3, 0.4) is 0 Å². The number of nitrogens with one attached hydrogen (secondary N) is 1. The molecule has 0 saturated heterocycles. The van der Waals surface area contributed by atoms with Gasteiger partial charge in [-0.2, -0.15) is 0 Å². The Bertz CT molecular complexity index is 567. The summed E-state index contributed by atoms with van der Waals surface area (Å²) >= 11 is 7.71. The number of fused-ring (bicyclic) bond motifs is 1. The topological polar surface area (TPSA) is 37.8 Å². The molecule has 0 aromatic carbocycles. The van der Waals surface area contributed by atoms with Gasteiger partial charge in [0.1, 0.15) is 10.6 Å². The number of thiophene rings is 1. The minimum absolute atomic E-state index is 0.316. The van der Waals surface area contributed by atoms with Crippen LogP contribution >= 0.6 is 22.9 Å². The summed E-state index contributed by atoms with van der Waals surface area (Å²) in [6, 6.07) is 2.53. The van der Waals surface area contributed by atoms with Crippen LogP contribution in [0.5, 0.6) is 0 Å². The number of hydrogen-bond donors (Lipinski definition) is 1. The average molecular weight is 298 g/mol. The van der Waals surface area contributed by atoms with Gasteiger partial charge in [-0.3, -0.25) is 0 Å². The van der Waals surface area contributed by atoms with E-state index < -0.39 is 0 Å². The molecule has 2 aromatic rings. The summed E-state index contributed by atoms with van der Waals surface area (Å²) in [5.74, 6) is 1.45. The van der Waals surface area contributed by atoms with E-state index in [9.17, 15) is 0 Å². The van der Waals surface area contributed by atoms with E-state index in [1.54, 1.807) is 11.3 Å². The SMILES string of the molecule is CCc1cc2c(NC(C)C(C)CC)nc(Cl)nc2s1. The molecule has 3 nitrogen and oxygen atoms in total. The van der Waals surface area contributed by atoms with Crippen molar-refractivity contribution in [3.05, 3.63) is 16.2 Å². The highest BCUT2D eigenvalue weighted by atomic mass is 35.5. The van der Waals surface area contributed by atoms with E-state index in [0.29, 0.717) is 17.2 Å². The first-order valence-corrected chi connectivity index (χ1v) is 7.97. The van der Waals surface area contributed by atoms with Gasteiger partial charge in [-0.15, -0.1) is 11.3 Å².